The molecule has 0 N–H and O–H groups in total. The van der Waals surface area contributed by atoms with Gasteiger partial charge in [0, 0.05) is 6.54 Å². The summed E-state index contributed by atoms with van der Waals surface area (Å²) in [5.74, 6) is -0.806. The topological polar surface area (TPSA) is 53.7 Å². The van der Waals surface area contributed by atoms with Crippen molar-refractivity contribution < 1.29 is 13.6 Å². The lowest BCUT2D eigenvalue weighted by molar-refractivity contribution is 0.0841. The number of rotatable bonds is 3. The lowest BCUT2D eigenvalue weighted by Gasteiger charge is -2.33. The van der Waals surface area contributed by atoms with Gasteiger partial charge in [0.25, 0.3) is 5.91 Å². The molecule has 27 heavy (non-hydrogen) atoms. The van der Waals surface area contributed by atoms with Crippen molar-refractivity contribution >= 4 is 33.6 Å². The number of nitrogens with zero attached hydrogens (tertiary/aromatic N) is 5. The summed E-state index contributed by atoms with van der Waals surface area (Å²) >= 11 is 3.41. The molecule has 2 aromatic rings. The molecule has 1 amide bonds. The fraction of sp³-hybridized carbons (Fsp3) is 0.389. The van der Waals surface area contributed by atoms with E-state index in [1.165, 1.54) is 6.07 Å². The zero-order chi connectivity index (χ0) is 19.5. The van der Waals surface area contributed by atoms with Gasteiger partial charge in [-0.1, -0.05) is 6.07 Å². The lowest BCUT2D eigenvalue weighted by Crippen LogP contribution is -2.51. The third-order valence-corrected chi connectivity index (χ3v) is 5.27. The van der Waals surface area contributed by atoms with Crippen LogP contribution in [0.5, 0.6) is 0 Å². The summed E-state index contributed by atoms with van der Waals surface area (Å²) in [6, 6.07) is 3.76. The highest BCUT2D eigenvalue weighted by atomic mass is 79.9. The number of fused-ring (bicyclic) bond motifs is 3. The second-order valence-corrected chi connectivity index (χ2v) is 7.96. The van der Waals surface area contributed by atoms with Gasteiger partial charge < -0.3 is 0 Å². The third kappa shape index (κ3) is 2.84. The summed E-state index contributed by atoms with van der Waals surface area (Å²) in [5.41, 5.74) is 0.536. The Labute approximate surface area is 163 Å². The predicted molar refractivity (Wildman–Crippen MR) is 101 cm³/mol. The number of amides is 1. The van der Waals surface area contributed by atoms with Crippen LogP contribution in [0.15, 0.2) is 27.9 Å². The van der Waals surface area contributed by atoms with E-state index in [1.54, 1.807) is 9.47 Å². The van der Waals surface area contributed by atoms with Crippen LogP contribution < -0.4 is 4.90 Å². The highest BCUT2D eigenvalue weighted by Crippen LogP contribution is 2.37. The molecule has 0 aliphatic carbocycles. The minimum Gasteiger partial charge on any atom is -0.300 e. The molecule has 0 fully saturated rings. The average molecular weight is 438 g/mol. The molecule has 2 aliphatic rings. The molecular weight excluding hydrogens is 420 g/mol. The van der Waals surface area contributed by atoms with Crippen LogP contribution in [-0.2, 0) is 6.54 Å². The Morgan fingerprint density at radius 1 is 1.26 bits per heavy atom. The van der Waals surface area contributed by atoms with Gasteiger partial charge in [0.1, 0.15) is 5.82 Å². The standard InChI is InChI=1S/C18H18BrF2N5O/c1-4-24-15(27)13-14(26-9-18(2,3)23-17(24)26)25(16(19)22-13)8-10-5-6-11(20)12(21)7-10/h5-7H,4,8-9H2,1-3H3. The largest absolute Gasteiger partial charge is 0.300 e. The van der Waals surface area contributed by atoms with E-state index >= 15 is 0 Å². The summed E-state index contributed by atoms with van der Waals surface area (Å²) in [6.07, 6.45) is 0. The van der Waals surface area contributed by atoms with E-state index in [9.17, 15) is 13.6 Å². The maximum absolute atomic E-state index is 13.6. The van der Waals surface area contributed by atoms with Gasteiger partial charge in [-0.05, 0) is 54.4 Å². The Bertz CT molecular complexity index is 984. The quantitative estimate of drug-likeness (QED) is 0.739. The van der Waals surface area contributed by atoms with Crippen LogP contribution in [-0.4, -0.2) is 44.9 Å². The Hall–Kier alpha value is -2.29. The van der Waals surface area contributed by atoms with Crippen LogP contribution >= 0.6 is 15.9 Å². The van der Waals surface area contributed by atoms with Crippen molar-refractivity contribution in [3.05, 3.63) is 45.8 Å². The number of aromatic nitrogens is 2. The first-order valence-corrected chi connectivity index (χ1v) is 9.40. The Morgan fingerprint density at radius 2 is 2.00 bits per heavy atom. The molecule has 0 saturated carbocycles. The molecule has 0 unspecified atom stereocenters. The number of guanidine groups is 1. The highest BCUT2D eigenvalue weighted by Gasteiger charge is 2.45. The monoisotopic (exact) mass is 437 g/mol. The Balaban J connectivity index is 1.83. The van der Waals surface area contributed by atoms with Crippen LogP contribution in [0.4, 0.5) is 14.6 Å². The average Bonchev–Trinajstić information content (AvgIpc) is 3.08. The van der Waals surface area contributed by atoms with E-state index in [0.717, 1.165) is 12.1 Å². The smallest absolute Gasteiger partial charge is 0.283 e. The summed E-state index contributed by atoms with van der Waals surface area (Å²) in [4.78, 5) is 25.6. The van der Waals surface area contributed by atoms with Crippen molar-refractivity contribution in [3.63, 3.8) is 0 Å². The predicted octanol–water partition coefficient (Wildman–Crippen LogP) is 3.40. The van der Waals surface area contributed by atoms with E-state index in [-0.39, 0.29) is 18.0 Å². The van der Waals surface area contributed by atoms with Crippen molar-refractivity contribution in [2.75, 3.05) is 18.0 Å². The number of halogens is 3. The van der Waals surface area contributed by atoms with E-state index in [1.807, 2.05) is 25.7 Å². The number of carbonyl (C=O) groups excluding carboxylic acids is 1. The van der Waals surface area contributed by atoms with Gasteiger partial charge in [0.2, 0.25) is 5.96 Å². The Morgan fingerprint density at radius 3 is 2.67 bits per heavy atom. The van der Waals surface area contributed by atoms with Gasteiger partial charge in [0.15, 0.2) is 22.1 Å². The minimum absolute atomic E-state index is 0.218. The molecule has 142 valence electrons. The summed E-state index contributed by atoms with van der Waals surface area (Å²) in [7, 11) is 0. The number of carbonyl (C=O) groups is 1. The van der Waals surface area contributed by atoms with Crippen LogP contribution in [0.1, 0.15) is 36.8 Å². The third-order valence-electron chi connectivity index (χ3n) is 4.67. The molecule has 1 aromatic heterocycles. The minimum atomic E-state index is -0.907. The van der Waals surface area contributed by atoms with Crippen LogP contribution in [0.3, 0.4) is 0 Å². The molecule has 0 spiro atoms. The molecular formula is C18H18BrF2N5O. The van der Waals surface area contributed by atoms with Gasteiger partial charge in [0.05, 0.1) is 18.6 Å². The summed E-state index contributed by atoms with van der Waals surface area (Å²) < 4.78 is 29.1. The number of hydrogen-bond acceptors (Lipinski definition) is 4. The SMILES string of the molecule is CCN1C(=O)c2nc(Br)n(Cc3ccc(F)c(F)c3)c2N2CC(C)(C)N=C12. The number of hydrogen-bond donors (Lipinski definition) is 0. The van der Waals surface area contributed by atoms with Gasteiger partial charge in [-0.25, -0.2) is 18.8 Å². The molecule has 1 aromatic carbocycles. The zero-order valence-corrected chi connectivity index (χ0v) is 16.7. The molecule has 9 heteroatoms. The first kappa shape index (κ1) is 18.1. The first-order chi connectivity index (χ1) is 12.7. The normalized spacial score (nSPS) is 17.9. The number of aliphatic imine (C=N–C) groups is 1. The number of benzene rings is 1. The van der Waals surface area contributed by atoms with E-state index in [4.69, 9.17) is 4.99 Å². The van der Waals surface area contributed by atoms with Gasteiger partial charge in [-0.2, -0.15) is 0 Å². The molecule has 3 heterocycles. The second kappa shape index (κ2) is 6.12. The van der Waals surface area contributed by atoms with Gasteiger partial charge in [-0.15, -0.1) is 0 Å². The molecule has 2 aliphatic heterocycles. The van der Waals surface area contributed by atoms with E-state index in [2.05, 4.69) is 20.9 Å². The van der Waals surface area contributed by atoms with Crippen molar-refractivity contribution in [2.45, 2.75) is 32.9 Å². The van der Waals surface area contributed by atoms with Crippen molar-refractivity contribution in [1.82, 2.24) is 14.5 Å². The number of imidazole rings is 1. The fourth-order valence-corrected chi connectivity index (χ4v) is 3.97. The molecule has 0 bridgehead atoms. The molecule has 4 rings (SSSR count). The van der Waals surface area contributed by atoms with Crippen LogP contribution in [0.2, 0.25) is 0 Å². The van der Waals surface area contributed by atoms with Crippen LogP contribution in [0.25, 0.3) is 0 Å². The maximum atomic E-state index is 13.6. The van der Waals surface area contributed by atoms with Gasteiger partial charge >= 0.3 is 0 Å². The first-order valence-electron chi connectivity index (χ1n) is 8.61. The lowest BCUT2D eigenvalue weighted by atomic mass is 10.1. The van der Waals surface area contributed by atoms with Gasteiger partial charge in [-0.3, -0.25) is 19.2 Å². The fourth-order valence-electron chi connectivity index (χ4n) is 3.50. The summed E-state index contributed by atoms with van der Waals surface area (Å²) in [5, 5.41) is 0. The highest BCUT2D eigenvalue weighted by molar-refractivity contribution is 9.10. The second-order valence-electron chi connectivity index (χ2n) is 7.25. The zero-order valence-electron chi connectivity index (χ0n) is 15.1. The molecule has 0 radical (unpaired) electrons. The van der Waals surface area contributed by atoms with Crippen LogP contribution in [0, 0.1) is 11.6 Å². The maximum Gasteiger partial charge on any atom is 0.283 e. The van der Waals surface area contributed by atoms with Crippen molar-refractivity contribution in [3.8, 4) is 0 Å². The Kier molecular flexibility index (Phi) is 4.10. The van der Waals surface area contributed by atoms with E-state index in [0.29, 0.717) is 40.9 Å². The van der Waals surface area contributed by atoms with Crippen molar-refractivity contribution in [1.29, 1.82) is 0 Å². The van der Waals surface area contributed by atoms with Crippen molar-refractivity contribution in [2.24, 2.45) is 4.99 Å². The summed E-state index contributed by atoms with van der Waals surface area (Å²) in [6.45, 7) is 7.21. The number of anilines is 1. The molecule has 0 atom stereocenters. The van der Waals surface area contributed by atoms with E-state index < -0.39 is 11.6 Å². The molecule has 0 saturated heterocycles. The molecule has 6 nitrogen and oxygen atoms in total.